The molecule has 3 aromatic heterocycles. The van der Waals surface area contributed by atoms with Crippen LogP contribution < -0.4 is 5.32 Å². The first-order valence-corrected chi connectivity index (χ1v) is 11.9. The highest BCUT2D eigenvalue weighted by Crippen LogP contribution is 2.28. The average molecular weight is 460 g/mol. The van der Waals surface area contributed by atoms with Gasteiger partial charge < -0.3 is 24.0 Å². The van der Waals surface area contributed by atoms with Crippen molar-refractivity contribution in [2.24, 2.45) is 0 Å². The van der Waals surface area contributed by atoms with Gasteiger partial charge in [0.15, 0.2) is 6.04 Å². The smallest absolute Gasteiger partial charge is 0.250 e. The highest BCUT2D eigenvalue weighted by atomic mass is 16.3. The molecule has 0 unspecified atom stereocenters. The average Bonchev–Trinajstić information content (AvgIpc) is 3.63. The molecular weight excluding hydrogens is 430 g/mol. The van der Waals surface area contributed by atoms with E-state index in [4.69, 9.17) is 8.83 Å². The Hall–Kier alpha value is -3.74. The maximum atomic E-state index is 13.8. The molecule has 1 atom stereocenters. The van der Waals surface area contributed by atoms with Crippen molar-refractivity contribution in [2.75, 3.05) is 0 Å². The van der Waals surface area contributed by atoms with Gasteiger partial charge >= 0.3 is 0 Å². The minimum absolute atomic E-state index is 0.118. The molecule has 1 aliphatic rings. The van der Waals surface area contributed by atoms with Gasteiger partial charge in [0.05, 0.1) is 25.5 Å². The number of nitrogens with zero attached hydrogens (tertiary/aromatic N) is 1. The Morgan fingerprint density at radius 2 is 1.79 bits per heavy atom. The number of aromatic amines is 1. The Morgan fingerprint density at radius 1 is 1.00 bits per heavy atom. The van der Waals surface area contributed by atoms with E-state index in [1.54, 1.807) is 29.4 Å². The molecule has 1 aliphatic carbocycles. The zero-order valence-electron chi connectivity index (χ0n) is 19.0. The fourth-order valence-corrected chi connectivity index (χ4v) is 4.83. The van der Waals surface area contributed by atoms with Crippen LogP contribution in [0.25, 0.3) is 10.9 Å². The molecule has 5 rings (SSSR count). The summed E-state index contributed by atoms with van der Waals surface area (Å²) in [7, 11) is 0. The Balaban J connectivity index is 1.46. The van der Waals surface area contributed by atoms with Crippen molar-refractivity contribution in [3.63, 3.8) is 0 Å². The molecule has 176 valence electrons. The summed E-state index contributed by atoms with van der Waals surface area (Å²) in [4.78, 5) is 32.2. The number of carbonyl (C=O) groups excluding carboxylic acids is 2. The highest BCUT2D eigenvalue weighted by Gasteiger charge is 2.35. The van der Waals surface area contributed by atoms with Gasteiger partial charge in [0.25, 0.3) is 5.91 Å². The van der Waals surface area contributed by atoms with Crippen molar-refractivity contribution >= 4 is 22.7 Å². The summed E-state index contributed by atoms with van der Waals surface area (Å²) >= 11 is 0. The number of para-hydroxylation sites is 1. The van der Waals surface area contributed by atoms with E-state index < -0.39 is 6.04 Å². The van der Waals surface area contributed by atoms with Gasteiger partial charge in [0, 0.05) is 23.1 Å². The summed E-state index contributed by atoms with van der Waals surface area (Å²) in [6, 6.07) is 14.2. The summed E-state index contributed by atoms with van der Waals surface area (Å²) in [5.41, 5.74) is 1.86. The Morgan fingerprint density at radius 3 is 2.56 bits per heavy atom. The van der Waals surface area contributed by atoms with E-state index in [1.807, 2.05) is 36.5 Å². The molecule has 2 N–H and O–H groups in total. The van der Waals surface area contributed by atoms with Gasteiger partial charge in [-0.1, -0.05) is 37.5 Å². The second-order valence-electron chi connectivity index (χ2n) is 8.90. The van der Waals surface area contributed by atoms with Gasteiger partial charge in [-0.05, 0) is 48.7 Å². The second kappa shape index (κ2) is 10.0. The van der Waals surface area contributed by atoms with E-state index in [-0.39, 0.29) is 30.8 Å². The summed E-state index contributed by atoms with van der Waals surface area (Å²) in [6.07, 6.45) is 10.4. The predicted octanol–water partition coefficient (Wildman–Crippen LogP) is 5.12. The molecular formula is C27H29N3O4. The molecule has 34 heavy (non-hydrogen) atoms. The van der Waals surface area contributed by atoms with Gasteiger partial charge in [-0.15, -0.1) is 0 Å². The Kier molecular flexibility index (Phi) is 6.51. The zero-order valence-corrected chi connectivity index (χ0v) is 19.0. The fraction of sp³-hybridized carbons (Fsp3) is 0.333. The van der Waals surface area contributed by atoms with Crippen molar-refractivity contribution in [1.29, 1.82) is 0 Å². The number of benzene rings is 1. The van der Waals surface area contributed by atoms with E-state index in [1.165, 1.54) is 12.7 Å². The largest absolute Gasteiger partial charge is 0.467 e. The van der Waals surface area contributed by atoms with Crippen molar-refractivity contribution in [1.82, 2.24) is 15.2 Å². The third-order valence-electron chi connectivity index (χ3n) is 6.57. The lowest BCUT2D eigenvalue weighted by Gasteiger charge is -2.31. The number of hydrogen-bond acceptors (Lipinski definition) is 4. The number of aromatic nitrogens is 1. The van der Waals surface area contributed by atoms with Crippen LogP contribution in [0.2, 0.25) is 0 Å². The minimum Gasteiger partial charge on any atom is -0.467 e. The molecule has 4 aromatic rings. The van der Waals surface area contributed by atoms with Crippen LogP contribution in [-0.4, -0.2) is 27.7 Å². The lowest BCUT2D eigenvalue weighted by atomic mass is 9.95. The third kappa shape index (κ3) is 4.78. The lowest BCUT2D eigenvalue weighted by molar-refractivity contribution is -0.142. The topological polar surface area (TPSA) is 91.5 Å². The lowest BCUT2D eigenvalue weighted by Crippen LogP contribution is -2.47. The number of nitrogens with one attached hydrogen (secondary N) is 2. The summed E-state index contributed by atoms with van der Waals surface area (Å²) in [5, 5.41) is 4.18. The van der Waals surface area contributed by atoms with Crippen LogP contribution in [-0.2, 0) is 22.6 Å². The number of H-pyrrole nitrogens is 1. The summed E-state index contributed by atoms with van der Waals surface area (Å²) in [5.74, 6) is 0.642. The minimum atomic E-state index is -0.889. The number of hydrogen-bond donors (Lipinski definition) is 2. The SMILES string of the molecule is O=C(NC1CCCCC1)[C@H](c1ccco1)N(Cc1ccco1)C(=O)Cc1c[nH]c2ccccc12. The molecule has 7 nitrogen and oxygen atoms in total. The number of rotatable bonds is 8. The van der Waals surface area contributed by atoms with Crippen molar-refractivity contribution in [3.8, 4) is 0 Å². The van der Waals surface area contributed by atoms with Crippen LogP contribution in [0.1, 0.15) is 55.2 Å². The quantitative estimate of drug-likeness (QED) is 0.383. The van der Waals surface area contributed by atoms with Gasteiger partial charge in [-0.3, -0.25) is 9.59 Å². The fourth-order valence-electron chi connectivity index (χ4n) is 4.83. The first kappa shape index (κ1) is 22.1. The van der Waals surface area contributed by atoms with Crippen LogP contribution in [0.4, 0.5) is 0 Å². The van der Waals surface area contributed by atoms with E-state index in [0.29, 0.717) is 11.5 Å². The number of amides is 2. The standard InChI is InChI=1S/C27H29N3O4/c31-25(16-19-17-28-23-12-5-4-11-22(19)23)30(18-21-10-6-14-33-21)26(24-13-7-15-34-24)27(32)29-20-8-2-1-3-9-20/h4-7,10-15,17,20,26,28H,1-3,8-9,16,18H2,(H,29,32)/t26-/m0/s1. The second-order valence-corrected chi connectivity index (χ2v) is 8.90. The van der Waals surface area contributed by atoms with Crippen molar-refractivity contribution in [2.45, 2.75) is 57.2 Å². The number of furan rings is 2. The highest BCUT2D eigenvalue weighted by molar-refractivity contribution is 5.92. The molecule has 1 saturated carbocycles. The first-order chi connectivity index (χ1) is 16.7. The van der Waals surface area contributed by atoms with Crippen LogP contribution in [0, 0.1) is 0 Å². The Labute approximate surface area is 198 Å². The molecule has 0 aliphatic heterocycles. The molecule has 0 saturated heterocycles. The summed E-state index contributed by atoms with van der Waals surface area (Å²) in [6.45, 7) is 0.164. The zero-order chi connectivity index (χ0) is 23.3. The molecule has 2 amide bonds. The maximum absolute atomic E-state index is 13.8. The molecule has 0 bridgehead atoms. The molecule has 1 fully saturated rings. The van der Waals surface area contributed by atoms with Gasteiger partial charge in [-0.25, -0.2) is 0 Å². The monoisotopic (exact) mass is 459 g/mol. The number of fused-ring (bicyclic) bond motifs is 1. The van der Waals surface area contributed by atoms with E-state index >= 15 is 0 Å². The molecule has 0 spiro atoms. The first-order valence-electron chi connectivity index (χ1n) is 11.9. The molecule has 7 heteroatoms. The van der Waals surface area contributed by atoms with Crippen LogP contribution in [0.15, 0.2) is 76.1 Å². The van der Waals surface area contributed by atoms with E-state index in [2.05, 4.69) is 10.3 Å². The van der Waals surface area contributed by atoms with Crippen molar-refractivity contribution < 1.29 is 18.4 Å². The van der Waals surface area contributed by atoms with E-state index in [9.17, 15) is 9.59 Å². The number of carbonyl (C=O) groups is 2. The van der Waals surface area contributed by atoms with Crippen LogP contribution >= 0.6 is 0 Å². The van der Waals surface area contributed by atoms with Gasteiger partial charge in [-0.2, -0.15) is 0 Å². The predicted molar refractivity (Wildman–Crippen MR) is 128 cm³/mol. The maximum Gasteiger partial charge on any atom is 0.250 e. The molecule has 0 radical (unpaired) electrons. The normalized spacial score (nSPS) is 15.3. The molecule has 3 heterocycles. The van der Waals surface area contributed by atoms with Crippen molar-refractivity contribution in [3.05, 3.63) is 84.3 Å². The summed E-state index contributed by atoms with van der Waals surface area (Å²) < 4.78 is 11.2. The van der Waals surface area contributed by atoms with Crippen LogP contribution in [0.3, 0.4) is 0 Å². The third-order valence-corrected chi connectivity index (χ3v) is 6.57. The van der Waals surface area contributed by atoms with Crippen LogP contribution in [0.5, 0.6) is 0 Å². The molecule has 1 aromatic carbocycles. The Bertz CT molecular complexity index is 1220. The van der Waals surface area contributed by atoms with Gasteiger partial charge in [0.2, 0.25) is 5.91 Å². The van der Waals surface area contributed by atoms with Gasteiger partial charge in [0.1, 0.15) is 11.5 Å². The van der Waals surface area contributed by atoms with E-state index in [0.717, 1.165) is 42.1 Å².